The van der Waals surface area contributed by atoms with Gasteiger partial charge in [-0.3, -0.25) is 4.79 Å². The van der Waals surface area contributed by atoms with Crippen molar-refractivity contribution in [1.82, 2.24) is 0 Å². The van der Waals surface area contributed by atoms with Crippen LogP contribution >= 0.6 is 0 Å². The summed E-state index contributed by atoms with van der Waals surface area (Å²) in [6, 6.07) is 9.20. The molecule has 1 N–H and O–H groups in total. The van der Waals surface area contributed by atoms with Crippen molar-refractivity contribution < 1.29 is 9.53 Å². The van der Waals surface area contributed by atoms with Crippen molar-refractivity contribution in [3.63, 3.8) is 0 Å². The van der Waals surface area contributed by atoms with Crippen LogP contribution in [0.3, 0.4) is 0 Å². The summed E-state index contributed by atoms with van der Waals surface area (Å²) >= 11 is 0. The number of nitriles is 1. The van der Waals surface area contributed by atoms with E-state index in [0.29, 0.717) is 5.56 Å². The summed E-state index contributed by atoms with van der Waals surface area (Å²) in [6.07, 6.45) is 0.274. The van der Waals surface area contributed by atoms with Gasteiger partial charge >= 0.3 is 5.97 Å². The molecule has 0 aliphatic heterocycles. The maximum Gasteiger partial charge on any atom is 0.307 e. The second-order valence-corrected chi connectivity index (χ2v) is 3.48. The molecule has 0 heterocycles. The van der Waals surface area contributed by atoms with E-state index in [-0.39, 0.29) is 18.4 Å². The van der Waals surface area contributed by atoms with Gasteiger partial charge < -0.3 is 10.1 Å². The number of esters is 1. The molecular formula is C12H14N2O2. The Hall–Kier alpha value is -2.02. The van der Waals surface area contributed by atoms with Gasteiger partial charge in [-0.25, -0.2) is 0 Å². The average molecular weight is 218 g/mol. The highest BCUT2D eigenvalue weighted by atomic mass is 16.5. The number of rotatable bonds is 4. The summed E-state index contributed by atoms with van der Waals surface area (Å²) in [6.45, 7) is 1.87. The zero-order chi connectivity index (χ0) is 12.0. The van der Waals surface area contributed by atoms with Gasteiger partial charge in [0, 0.05) is 6.04 Å². The minimum absolute atomic E-state index is 0.0676. The first-order chi connectivity index (χ1) is 7.67. The third kappa shape index (κ3) is 3.28. The van der Waals surface area contributed by atoms with Crippen LogP contribution in [0.4, 0.5) is 5.69 Å². The van der Waals surface area contributed by atoms with E-state index in [1.807, 2.05) is 19.1 Å². The zero-order valence-corrected chi connectivity index (χ0v) is 9.36. The number of nitrogens with one attached hydrogen (secondary N) is 1. The fraction of sp³-hybridized carbons (Fsp3) is 0.333. The maximum atomic E-state index is 11.0. The minimum Gasteiger partial charge on any atom is -0.469 e. The van der Waals surface area contributed by atoms with Gasteiger partial charge in [-0.15, -0.1) is 0 Å². The number of methoxy groups -OCH3 is 1. The zero-order valence-electron chi connectivity index (χ0n) is 9.36. The molecule has 0 aliphatic carbocycles. The lowest BCUT2D eigenvalue weighted by Gasteiger charge is -2.14. The van der Waals surface area contributed by atoms with Crippen LogP contribution in [0.1, 0.15) is 18.9 Å². The van der Waals surface area contributed by atoms with Crippen molar-refractivity contribution in [1.29, 1.82) is 5.26 Å². The van der Waals surface area contributed by atoms with Crippen LogP contribution in [-0.2, 0) is 9.53 Å². The molecule has 0 fully saturated rings. The van der Waals surface area contributed by atoms with E-state index >= 15 is 0 Å². The Morgan fingerprint density at radius 1 is 1.56 bits per heavy atom. The van der Waals surface area contributed by atoms with E-state index in [1.54, 1.807) is 12.1 Å². The molecular weight excluding hydrogens is 204 g/mol. The molecule has 0 spiro atoms. The molecule has 1 unspecified atom stereocenters. The van der Waals surface area contributed by atoms with Crippen LogP contribution < -0.4 is 5.32 Å². The summed E-state index contributed by atoms with van der Waals surface area (Å²) in [4.78, 5) is 11.0. The molecule has 0 aliphatic rings. The molecule has 1 rings (SSSR count). The Morgan fingerprint density at radius 2 is 2.25 bits per heavy atom. The predicted octanol–water partition coefficient (Wildman–Crippen LogP) is 1.92. The van der Waals surface area contributed by atoms with Crippen LogP contribution in [0.15, 0.2) is 24.3 Å². The normalized spacial score (nSPS) is 11.3. The van der Waals surface area contributed by atoms with E-state index in [1.165, 1.54) is 7.11 Å². The number of anilines is 1. The number of para-hydroxylation sites is 1. The van der Waals surface area contributed by atoms with Crippen LogP contribution in [-0.4, -0.2) is 19.1 Å². The van der Waals surface area contributed by atoms with Crippen LogP contribution in [0.2, 0.25) is 0 Å². The lowest BCUT2D eigenvalue weighted by molar-refractivity contribution is -0.140. The van der Waals surface area contributed by atoms with Crippen LogP contribution in [0, 0.1) is 11.3 Å². The fourth-order valence-corrected chi connectivity index (χ4v) is 1.36. The Morgan fingerprint density at radius 3 is 2.88 bits per heavy atom. The van der Waals surface area contributed by atoms with Crippen LogP contribution in [0.25, 0.3) is 0 Å². The van der Waals surface area contributed by atoms with Gasteiger partial charge in [-0.1, -0.05) is 12.1 Å². The average Bonchev–Trinajstić information content (AvgIpc) is 2.29. The second kappa shape index (κ2) is 5.76. The highest BCUT2D eigenvalue weighted by molar-refractivity contribution is 5.70. The monoisotopic (exact) mass is 218 g/mol. The first-order valence-electron chi connectivity index (χ1n) is 5.00. The third-order valence-corrected chi connectivity index (χ3v) is 2.15. The number of benzene rings is 1. The molecule has 0 aromatic heterocycles. The summed E-state index contributed by atoms with van der Waals surface area (Å²) in [5.41, 5.74) is 1.31. The van der Waals surface area contributed by atoms with Crippen molar-refractivity contribution in [2.75, 3.05) is 12.4 Å². The van der Waals surface area contributed by atoms with Gasteiger partial charge in [0.25, 0.3) is 0 Å². The smallest absolute Gasteiger partial charge is 0.307 e. The first kappa shape index (κ1) is 12.1. The molecule has 0 saturated heterocycles. The SMILES string of the molecule is COC(=O)CC(C)Nc1ccccc1C#N. The number of nitrogens with zero attached hydrogens (tertiary/aromatic N) is 1. The molecule has 16 heavy (non-hydrogen) atoms. The lowest BCUT2D eigenvalue weighted by atomic mass is 10.1. The highest BCUT2D eigenvalue weighted by Crippen LogP contribution is 2.15. The van der Waals surface area contributed by atoms with E-state index in [2.05, 4.69) is 16.1 Å². The first-order valence-corrected chi connectivity index (χ1v) is 5.00. The number of carbonyl (C=O) groups is 1. The molecule has 0 radical (unpaired) electrons. The maximum absolute atomic E-state index is 11.0. The quantitative estimate of drug-likeness (QED) is 0.784. The van der Waals surface area contributed by atoms with E-state index in [0.717, 1.165) is 5.69 Å². The summed E-state index contributed by atoms with van der Waals surface area (Å²) in [5.74, 6) is -0.269. The summed E-state index contributed by atoms with van der Waals surface area (Å²) in [7, 11) is 1.36. The number of carbonyl (C=O) groups excluding carboxylic acids is 1. The Balaban J connectivity index is 2.66. The molecule has 0 saturated carbocycles. The fourth-order valence-electron chi connectivity index (χ4n) is 1.36. The molecule has 4 heteroatoms. The van der Waals surface area contributed by atoms with Crippen molar-refractivity contribution in [2.24, 2.45) is 0 Å². The largest absolute Gasteiger partial charge is 0.469 e. The number of ether oxygens (including phenoxy) is 1. The van der Waals surface area contributed by atoms with Gasteiger partial charge in [0.1, 0.15) is 6.07 Å². The summed E-state index contributed by atoms with van der Waals surface area (Å²) < 4.78 is 4.57. The van der Waals surface area contributed by atoms with Crippen molar-refractivity contribution in [3.8, 4) is 6.07 Å². The van der Waals surface area contributed by atoms with Crippen molar-refractivity contribution >= 4 is 11.7 Å². The van der Waals surface area contributed by atoms with Crippen molar-refractivity contribution in [3.05, 3.63) is 29.8 Å². The number of hydrogen-bond acceptors (Lipinski definition) is 4. The van der Waals surface area contributed by atoms with Gasteiger partial charge in [-0.2, -0.15) is 5.26 Å². The Bertz CT molecular complexity index is 410. The van der Waals surface area contributed by atoms with E-state index in [4.69, 9.17) is 5.26 Å². The molecule has 0 bridgehead atoms. The van der Waals surface area contributed by atoms with Gasteiger partial charge in [-0.05, 0) is 19.1 Å². The third-order valence-electron chi connectivity index (χ3n) is 2.15. The topological polar surface area (TPSA) is 62.1 Å². The highest BCUT2D eigenvalue weighted by Gasteiger charge is 2.10. The second-order valence-electron chi connectivity index (χ2n) is 3.48. The Labute approximate surface area is 94.8 Å². The molecule has 1 atom stereocenters. The van der Waals surface area contributed by atoms with E-state index < -0.39 is 0 Å². The van der Waals surface area contributed by atoms with Crippen molar-refractivity contribution in [2.45, 2.75) is 19.4 Å². The minimum atomic E-state index is -0.269. The van der Waals surface area contributed by atoms with Gasteiger partial charge in [0.15, 0.2) is 0 Å². The predicted molar refractivity (Wildman–Crippen MR) is 60.9 cm³/mol. The van der Waals surface area contributed by atoms with Gasteiger partial charge in [0.05, 0.1) is 24.8 Å². The molecule has 84 valence electrons. The molecule has 1 aromatic carbocycles. The summed E-state index contributed by atoms with van der Waals surface area (Å²) in [5, 5.41) is 12.0. The Kier molecular flexibility index (Phi) is 4.34. The van der Waals surface area contributed by atoms with Gasteiger partial charge in [0.2, 0.25) is 0 Å². The molecule has 0 amide bonds. The molecule has 4 nitrogen and oxygen atoms in total. The van der Waals surface area contributed by atoms with Crippen LogP contribution in [0.5, 0.6) is 0 Å². The standard InChI is InChI=1S/C12H14N2O2/c1-9(7-12(15)16-2)14-11-6-4-3-5-10(11)8-13/h3-6,9,14H,7H2,1-2H3. The van der Waals surface area contributed by atoms with E-state index in [9.17, 15) is 4.79 Å². The molecule has 1 aromatic rings. The lowest BCUT2D eigenvalue weighted by Crippen LogP contribution is -2.20. The number of hydrogen-bond donors (Lipinski definition) is 1.